The molecule has 132 valence electrons. The van der Waals surface area contributed by atoms with Crippen LogP contribution in [0.1, 0.15) is 38.2 Å². The Bertz CT molecular complexity index is 543. The van der Waals surface area contributed by atoms with Gasteiger partial charge in [0.05, 0.1) is 0 Å². The van der Waals surface area contributed by atoms with Crippen LogP contribution in [0.15, 0.2) is 30.3 Å². The molecule has 0 saturated carbocycles. The maximum absolute atomic E-state index is 12.5. The van der Waals surface area contributed by atoms with Crippen molar-refractivity contribution >= 4 is 11.8 Å². The van der Waals surface area contributed by atoms with Crippen LogP contribution in [0.3, 0.4) is 0 Å². The Balaban J connectivity index is 1.93. The number of nitrogens with zero attached hydrogens (tertiary/aromatic N) is 2. The molecule has 1 saturated heterocycles. The minimum absolute atomic E-state index is 0.0579. The van der Waals surface area contributed by atoms with E-state index in [0.717, 1.165) is 0 Å². The summed E-state index contributed by atoms with van der Waals surface area (Å²) in [7, 11) is 0. The predicted molar refractivity (Wildman–Crippen MR) is 95.5 cm³/mol. The number of benzene rings is 1. The Morgan fingerprint density at radius 2 is 1.79 bits per heavy atom. The number of rotatable bonds is 7. The number of likely N-dealkylation sites (tertiary alicyclic amines) is 1. The van der Waals surface area contributed by atoms with Crippen LogP contribution < -0.4 is 5.73 Å². The predicted octanol–water partition coefficient (Wildman–Crippen LogP) is 1.84. The normalized spacial score (nSPS) is 20.2. The van der Waals surface area contributed by atoms with E-state index >= 15 is 0 Å². The minimum Gasteiger partial charge on any atom is -0.343 e. The second-order valence-electron chi connectivity index (χ2n) is 6.38. The number of hydrogen-bond acceptors (Lipinski definition) is 3. The number of hydrogen-bond donors (Lipinski definition) is 1. The summed E-state index contributed by atoms with van der Waals surface area (Å²) in [6.07, 6.45) is 0.578. The van der Waals surface area contributed by atoms with Crippen molar-refractivity contribution in [2.45, 2.75) is 32.6 Å². The smallest absolute Gasteiger partial charge is 0.223 e. The Morgan fingerprint density at radius 3 is 2.38 bits per heavy atom. The lowest BCUT2D eigenvalue weighted by atomic mass is 9.89. The first-order valence-electron chi connectivity index (χ1n) is 8.91. The molecule has 1 aliphatic rings. The van der Waals surface area contributed by atoms with E-state index < -0.39 is 0 Å². The lowest BCUT2D eigenvalue weighted by Gasteiger charge is -2.20. The van der Waals surface area contributed by atoms with Crippen molar-refractivity contribution < 1.29 is 9.59 Å². The highest BCUT2D eigenvalue weighted by Gasteiger charge is 2.35. The molecular formula is C19H29N3O2. The summed E-state index contributed by atoms with van der Waals surface area (Å²) in [6.45, 7) is 7.26. The molecule has 1 fully saturated rings. The molecule has 2 amide bonds. The van der Waals surface area contributed by atoms with E-state index in [9.17, 15) is 9.59 Å². The highest BCUT2D eigenvalue weighted by Crippen LogP contribution is 2.32. The molecule has 1 aromatic rings. The first-order valence-corrected chi connectivity index (χ1v) is 8.91. The summed E-state index contributed by atoms with van der Waals surface area (Å²) < 4.78 is 0. The number of carbonyl (C=O) groups excluding carboxylic acids is 2. The van der Waals surface area contributed by atoms with Crippen molar-refractivity contribution in [3.8, 4) is 0 Å². The van der Waals surface area contributed by atoms with E-state index in [4.69, 9.17) is 5.73 Å². The van der Waals surface area contributed by atoms with Gasteiger partial charge in [-0.05, 0) is 31.9 Å². The van der Waals surface area contributed by atoms with Crippen molar-refractivity contribution in [2.24, 2.45) is 11.7 Å². The number of amides is 2. The summed E-state index contributed by atoms with van der Waals surface area (Å²) in [5.74, 6) is 0.698. The van der Waals surface area contributed by atoms with Crippen molar-refractivity contribution in [2.75, 3.05) is 32.7 Å². The maximum Gasteiger partial charge on any atom is 0.223 e. The van der Waals surface area contributed by atoms with Crippen LogP contribution >= 0.6 is 0 Å². The van der Waals surface area contributed by atoms with Crippen LogP contribution in [0.4, 0.5) is 0 Å². The van der Waals surface area contributed by atoms with Gasteiger partial charge in [0.25, 0.3) is 0 Å². The zero-order valence-electron chi connectivity index (χ0n) is 14.8. The molecule has 24 heavy (non-hydrogen) atoms. The van der Waals surface area contributed by atoms with Gasteiger partial charge in [-0.1, -0.05) is 30.3 Å². The molecular weight excluding hydrogens is 302 g/mol. The quantitative estimate of drug-likeness (QED) is 0.829. The molecule has 0 spiro atoms. The molecule has 0 unspecified atom stereocenters. The number of nitrogens with two attached hydrogens (primary N) is 1. The van der Waals surface area contributed by atoms with E-state index in [1.807, 2.05) is 36.9 Å². The Kier molecular flexibility index (Phi) is 6.79. The van der Waals surface area contributed by atoms with Gasteiger partial charge in [-0.3, -0.25) is 9.59 Å². The number of carbonyl (C=O) groups is 2. The summed E-state index contributed by atoms with van der Waals surface area (Å²) in [5, 5.41) is 0. The molecule has 5 heteroatoms. The molecule has 2 N–H and O–H groups in total. The third kappa shape index (κ3) is 4.35. The van der Waals surface area contributed by atoms with Gasteiger partial charge in [-0.2, -0.15) is 0 Å². The fraction of sp³-hybridized carbons (Fsp3) is 0.579. The highest BCUT2D eigenvalue weighted by molar-refractivity contribution is 5.84. The van der Waals surface area contributed by atoms with Crippen molar-refractivity contribution in [3.63, 3.8) is 0 Å². The molecule has 0 aromatic heterocycles. The summed E-state index contributed by atoms with van der Waals surface area (Å²) in [4.78, 5) is 28.2. The summed E-state index contributed by atoms with van der Waals surface area (Å²) >= 11 is 0. The summed E-state index contributed by atoms with van der Waals surface area (Å²) in [5.41, 5.74) is 7.16. The van der Waals surface area contributed by atoms with Gasteiger partial charge in [0, 0.05) is 44.9 Å². The monoisotopic (exact) mass is 331 g/mol. The van der Waals surface area contributed by atoms with E-state index in [-0.39, 0.29) is 24.2 Å². The van der Waals surface area contributed by atoms with Gasteiger partial charge in [0.15, 0.2) is 0 Å². The van der Waals surface area contributed by atoms with E-state index in [0.29, 0.717) is 45.1 Å². The van der Waals surface area contributed by atoms with Gasteiger partial charge in [0.2, 0.25) is 11.8 Å². The Morgan fingerprint density at radius 1 is 1.12 bits per heavy atom. The first kappa shape index (κ1) is 18.5. The van der Waals surface area contributed by atoms with E-state index in [2.05, 4.69) is 12.1 Å². The van der Waals surface area contributed by atoms with Crippen LogP contribution in [0, 0.1) is 5.92 Å². The zero-order chi connectivity index (χ0) is 17.5. The van der Waals surface area contributed by atoms with Crippen molar-refractivity contribution in [1.29, 1.82) is 0 Å². The van der Waals surface area contributed by atoms with Crippen molar-refractivity contribution in [3.05, 3.63) is 35.9 Å². The third-order valence-electron chi connectivity index (χ3n) is 4.99. The van der Waals surface area contributed by atoms with Gasteiger partial charge in [-0.25, -0.2) is 0 Å². The van der Waals surface area contributed by atoms with Gasteiger partial charge in [0.1, 0.15) is 0 Å². The Labute approximate surface area is 144 Å². The third-order valence-corrected chi connectivity index (χ3v) is 4.99. The van der Waals surface area contributed by atoms with Gasteiger partial charge < -0.3 is 15.5 Å². The lowest BCUT2D eigenvalue weighted by molar-refractivity contribution is -0.136. The molecule has 1 aliphatic heterocycles. The molecule has 5 nitrogen and oxygen atoms in total. The van der Waals surface area contributed by atoms with Crippen LogP contribution in [0.5, 0.6) is 0 Å². The highest BCUT2D eigenvalue weighted by atomic mass is 16.2. The largest absolute Gasteiger partial charge is 0.343 e. The SMILES string of the molecule is CCN(CC)C(=O)CCC(=O)N1C[C@@H](CN)[C@H](c2ccccc2)C1. The molecule has 0 radical (unpaired) electrons. The molecule has 0 bridgehead atoms. The second-order valence-corrected chi connectivity index (χ2v) is 6.38. The Hall–Kier alpha value is -1.88. The standard InChI is InChI=1S/C19H29N3O2/c1-3-21(4-2)18(23)10-11-19(24)22-13-16(12-20)17(14-22)15-8-6-5-7-9-15/h5-9,16-17H,3-4,10-14,20H2,1-2H3/t16-,17+/m1/s1. The fourth-order valence-electron chi connectivity index (χ4n) is 3.50. The second kappa shape index (κ2) is 8.83. The topological polar surface area (TPSA) is 66.6 Å². The van der Waals surface area contributed by atoms with Gasteiger partial charge in [-0.15, -0.1) is 0 Å². The minimum atomic E-state index is 0.0579. The van der Waals surface area contributed by atoms with Crippen LogP contribution in [-0.4, -0.2) is 54.3 Å². The van der Waals surface area contributed by atoms with Gasteiger partial charge >= 0.3 is 0 Å². The molecule has 1 aromatic carbocycles. The average Bonchev–Trinajstić information content (AvgIpc) is 3.06. The summed E-state index contributed by atoms with van der Waals surface area (Å²) in [6, 6.07) is 10.3. The maximum atomic E-state index is 12.5. The fourth-order valence-corrected chi connectivity index (χ4v) is 3.50. The average molecular weight is 331 g/mol. The zero-order valence-corrected chi connectivity index (χ0v) is 14.8. The van der Waals surface area contributed by atoms with Crippen LogP contribution in [0.25, 0.3) is 0 Å². The van der Waals surface area contributed by atoms with Crippen molar-refractivity contribution in [1.82, 2.24) is 9.80 Å². The van der Waals surface area contributed by atoms with Crippen LogP contribution in [0.2, 0.25) is 0 Å². The lowest BCUT2D eigenvalue weighted by Crippen LogP contribution is -2.33. The molecule has 2 rings (SSSR count). The van der Waals surface area contributed by atoms with E-state index in [1.165, 1.54) is 5.56 Å². The van der Waals surface area contributed by atoms with Crippen LogP contribution in [-0.2, 0) is 9.59 Å². The molecule has 0 aliphatic carbocycles. The molecule has 1 heterocycles. The first-order chi connectivity index (χ1) is 11.6. The molecule has 2 atom stereocenters. The van der Waals surface area contributed by atoms with E-state index in [1.54, 1.807) is 4.90 Å².